The summed E-state index contributed by atoms with van der Waals surface area (Å²) in [7, 11) is 1.54. The molecule has 0 spiro atoms. The largest absolute Gasteiger partial charge is 0.481 e. The van der Waals surface area contributed by atoms with Crippen LogP contribution in [0.15, 0.2) is 18.2 Å². The molecule has 0 fully saturated rings. The Labute approximate surface area is 121 Å². The van der Waals surface area contributed by atoms with Crippen molar-refractivity contribution in [3.05, 3.63) is 32.1 Å². The second-order valence-corrected chi connectivity index (χ2v) is 4.80. The van der Waals surface area contributed by atoms with Gasteiger partial charge < -0.3 is 4.74 Å². The second-order valence-electron chi connectivity index (χ2n) is 3.01. The molecule has 4 nitrogen and oxygen atoms in total. The fourth-order valence-corrected chi connectivity index (χ4v) is 1.79. The molecule has 2 aromatic heterocycles. The van der Waals surface area contributed by atoms with Gasteiger partial charge in [-0.25, -0.2) is 15.0 Å². The zero-order chi connectivity index (χ0) is 12.4. The van der Waals surface area contributed by atoms with E-state index in [1.807, 2.05) is 22.6 Å². The Morgan fingerprint density at radius 3 is 2.35 bits per heavy atom. The molecule has 0 N–H and O–H groups in total. The predicted octanol–water partition coefficient (Wildman–Crippen LogP) is 3.46. The Kier molecular flexibility index (Phi) is 4.01. The smallest absolute Gasteiger partial charge is 0.213 e. The first-order chi connectivity index (χ1) is 8.11. The lowest BCUT2D eigenvalue weighted by molar-refractivity contribution is 0.398. The fourth-order valence-electron chi connectivity index (χ4n) is 1.16. The quantitative estimate of drug-likeness (QED) is 0.590. The average molecular weight is 382 g/mol. The van der Waals surface area contributed by atoms with Crippen molar-refractivity contribution in [3.63, 3.8) is 0 Å². The number of methoxy groups -OCH3 is 1. The topological polar surface area (TPSA) is 47.9 Å². The summed E-state index contributed by atoms with van der Waals surface area (Å²) < 4.78 is 5.65. The van der Waals surface area contributed by atoms with Gasteiger partial charge in [-0.2, -0.15) is 0 Å². The predicted molar refractivity (Wildman–Crippen MR) is 74.6 cm³/mol. The van der Waals surface area contributed by atoms with E-state index in [-0.39, 0.29) is 0 Å². The lowest BCUT2D eigenvalue weighted by Crippen LogP contribution is -1.97. The Balaban J connectivity index is 2.52. The Hall–Kier alpha value is -0.660. The van der Waals surface area contributed by atoms with Gasteiger partial charge in [-0.15, -0.1) is 0 Å². The molecule has 0 aliphatic rings. The van der Waals surface area contributed by atoms with Crippen molar-refractivity contribution in [2.24, 2.45) is 0 Å². The molecular formula is C10H6Cl2IN3O. The van der Waals surface area contributed by atoms with E-state index in [4.69, 9.17) is 27.9 Å². The SMILES string of the molecule is COc1cccc(-c2nc(Cl)c(I)c(Cl)n2)n1. The number of hydrogen-bond acceptors (Lipinski definition) is 4. The summed E-state index contributed by atoms with van der Waals surface area (Å²) in [5.74, 6) is 0.858. The molecule has 0 atom stereocenters. The summed E-state index contributed by atoms with van der Waals surface area (Å²) in [6.07, 6.45) is 0. The zero-order valence-corrected chi connectivity index (χ0v) is 12.3. The summed E-state index contributed by atoms with van der Waals surface area (Å²) in [5.41, 5.74) is 0.560. The summed E-state index contributed by atoms with van der Waals surface area (Å²) in [6.45, 7) is 0. The zero-order valence-electron chi connectivity index (χ0n) is 8.62. The highest BCUT2D eigenvalue weighted by atomic mass is 127. The third-order valence-electron chi connectivity index (χ3n) is 1.93. The lowest BCUT2D eigenvalue weighted by atomic mass is 10.3. The van der Waals surface area contributed by atoms with Crippen molar-refractivity contribution in [3.8, 4) is 17.4 Å². The molecule has 88 valence electrons. The van der Waals surface area contributed by atoms with Crippen LogP contribution in [0.1, 0.15) is 0 Å². The van der Waals surface area contributed by atoms with Crippen molar-refractivity contribution >= 4 is 45.8 Å². The molecule has 0 saturated heterocycles. The number of ether oxygens (including phenoxy) is 1. The van der Waals surface area contributed by atoms with Crippen molar-refractivity contribution in [1.29, 1.82) is 0 Å². The highest BCUT2D eigenvalue weighted by molar-refractivity contribution is 14.1. The first kappa shape index (κ1) is 12.8. The minimum Gasteiger partial charge on any atom is -0.481 e. The third-order valence-corrected chi connectivity index (χ3v) is 4.14. The maximum absolute atomic E-state index is 5.94. The van der Waals surface area contributed by atoms with Crippen molar-refractivity contribution in [2.45, 2.75) is 0 Å². The maximum Gasteiger partial charge on any atom is 0.213 e. The highest BCUT2D eigenvalue weighted by Crippen LogP contribution is 2.26. The monoisotopic (exact) mass is 381 g/mol. The molecule has 0 aliphatic carbocycles. The number of aromatic nitrogens is 3. The van der Waals surface area contributed by atoms with Crippen molar-refractivity contribution in [2.75, 3.05) is 7.11 Å². The van der Waals surface area contributed by atoms with Crippen LogP contribution in [0.3, 0.4) is 0 Å². The fraction of sp³-hybridized carbons (Fsp3) is 0.100. The Morgan fingerprint density at radius 2 is 1.76 bits per heavy atom. The third kappa shape index (κ3) is 2.78. The maximum atomic E-state index is 5.94. The summed E-state index contributed by atoms with van der Waals surface area (Å²) in [4.78, 5) is 12.5. The molecule has 0 aromatic carbocycles. The van der Waals surface area contributed by atoms with Gasteiger partial charge in [0, 0.05) is 6.07 Å². The van der Waals surface area contributed by atoms with Gasteiger partial charge in [-0.05, 0) is 28.7 Å². The molecule has 17 heavy (non-hydrogen) atoms. The van der Waals surface area contributed by atoms with Crippen LogP contribution in [0.5, 0.6) is 5.88 Å². The number of rotatable bonds is 2. The van der Waals surface area contributed by atoms with Crippen molar-refractivity contribution < 1.29 is 4.74 Å². The minimum absolute atomic E-state index is 0.310. The summed E-state index contributed by atoms with van der Waals surface area (Å²) in [6, 6.07) is 5.29. The van der Waals surface area contributed by atoms with Crippen LogP contribution in [-0.4, -0.2) is 22.1 Å². The van der Waals surface area contributed by atoms with Crippen LogP contribution in [0.2, 0.25) is 10.3 Å². The van der Waals surface area contributed by atoms with Gasteiger partial charge in [0.1, 0.15) is 16.0 Å². The number of halogens is 3. The van der Waals surface area contributed by atoms with Gasteiger partial charge >= 0.3 is 0 Å². The highest BCUT2D eigenvalue weighted by Gasteiger charge is 2.11. The van der Waals surface area contributed by atoms with Crippen LogP contribution in [0.4, 0.5) is 0 Å². The molecule has 7 heteroatoms. The van der Waals surface area contributed by atoms with Crippen LogP contribution >= 0.6 is 45.8 Å². The first-order valence-electron chi connectivity index (χ1n) is 4.51. The van der Waals surface area contributed by atoms with E-state index in [0.29, 0.717) is 31.3 Å². The van der Waals surface area contributed by atoms with Crippen LogP contribution in [0, 0.1) is 3.57 Å². The van der Waals surface area contributed by atoms with Gasteiger partial charge in [0.2, 0.25) is 5.88 Å². The number of pyridine rings is 1. The molecular weight excluding hydrogens is 376 g/mol. The molecule has 2 heterocycles. The first-order valence-corrected chi connectivity index (χ1v) is 6.35. The molecule has 2 aromatic rings. The average Bonchev–Trinajstić information content (AvgIpc) is 2.35. The van der Waals surface area contributed by atoms with Gasteiger partial charge in [0.15, 0.2) is 5.82 Å². The van der Waals surface area contributed by atoms with Crippen LogP contribution < -0.4 is 4.74 Å². The van der Waals surface area contributed by atoms with Crippen molar-refractivity contribution in [1.82, 2.24) is 15.0 Å². The number of nitrogens with zero attached hydrogens (tertiary/aromatic N) is 3. The normalized spacial score (nSPS) is 10.4. The van der Waals surface area contributed by atoms with Gasteiger partial charge in [0.05, 0.1) is 10.7 Å². The molecule has 0 radical (unpaired) electrons. The second kappa shape index (κ2) is 5.32. The minimum atomic E-state index is 0.310. The van der Waals surface area contributed by atoms with E-state index in [9.17, 15) is 0 Å². The van der Waals surface area contributed by atoms with E-state index in [1.54, 1.807) is 25.3 Å². The van der Waals surface area contributed by atoms with E-state index >= 15 is 0 Å². The Bertz CT molecular complexity index is 542. The molecule has 0 amide bonds. The van der Waals surface area contributed by atoms with E-state index in [1.165, 1.54) is 0 Å². The van der Waals surface area contributed by atoms with Gasteiger partial charge in [-0.3, -0.25) is 0 Å². The van der Waals surface area contributed by atoms with E-state index < -0.39 is 0 Å². The number of hydrogen-bond donors (Lipinski definition) is 0. The standard InChI is InChI=1S/C10H6Cl2IN3O/c1-17-6-4-2-3-5(14-6)10-15-8(11)7(13)9(12)16-10/h2-4H,1H3. The van der Waals surface area contributed by atoms with Gasteiger partial charge in [-0.1, -0.05) is 29.3 Å². The van der Waals surface area contributed by atoms with E-state index in [0.717, 1.165) is 0 Å². The summed E-state index contributed by atoms with van der Waals surface area (Å²) in [5, 5.41) is 0.621. The molecule has 2 rings (SSSR count). The lowest BCUT2D eigenvalue weighted by Gasteiger charge is -2.04. The van der Waals surface area contributed by atoms with Gasteiger partial charge in [0.25, 0.3) is 0 Å². The van der Waals surface area contributed by atoms with Crippen LogP contribution in [0.25, 0.3) is 11.5 Å². The molecule has 0 aliphatic heterocycles. The summed E-state index contributed by atoms with van der Waals surface area (Å²) >= 11 is 13.9. The van der Waals surface area contributed by atoms with Crippen LogP contribution in [-0.2, 0) is 0 Å². The van der Waals surface area contributed by atoms with E-state index in [2.05, 4.69) is 15.0 Å². The Morgan fingerprint density at radius 1 is 1.12 bits per heavy atom. The molecule has 0 bridgehead atoms. The molecule has 0 unspecified atom stereocenters. The molecule has 0 saturated carbocycles.